The number of methoxy groups -OCH3 is 1. The van der Waals surface area contributed by atoms with Gasteiger partial charge in [-0.05, 0) is 23.8 Å². The molecule has 0 radical (unpaired) electrons. The zero-order chi connectivity index (χ0) is 16.7. The Labute approximate surface area is 134 Å². The van der Waals surface area contributed by atoms with Crippen molar-refractivity contribution in [2.45, 2.75) is 20.1 Å². The molecule has 6 nitrogen and oxygen atoms in total. The topological polar surface area (TPSA) is 77.5 Å². The summed E-state index contributed by atoms with van der Waals surface area (Å²) in [4.78, 5) is 27.4. The average Bonchev–Trinajstić information content (AvgIpc) is 2.58. The molecule has 1 N–H and O–H groups in total. The van der Waals surface area contributed by atoms with Crippen LogP contribution < -0.4 is 10.1 Å². The molecule has 2 aromatic rings. The van der Waals surface area contributed by atoms with Crippen LogP contribution in [0, 0.1) is 0 Å². The molecule has 0 bridgehead atoms. The fourth-order valence-corrected chi connectivity index (χ4v) is 1.98. The third kappa shape index (κ3) is 4.81. The number of benzene rings is 1. The Bertz CT molecular complexity index is 686. The third-order valence-electron chi connectivity index (χ3n) is 3.17. The summed E-state index contributed by atoms with van der Waals surface area (Å²) in [5, 5.41) is 2.82. The van der Waals surface area contributed by atoms with E-state index in [0.717, 1.165) is 5.56 Å². The zero-order valence-electron chi connectivity index (χ0n) is 13.0. The van der Waals surface area contributed by atoms with E-state index in [2.05, 4.69) is 10.3 Å². The number of nitrogens with zero attached hydrogens (tertiary/aromatic N) is 1. The average molecular weight is 314 g/mol. The molecule has 0 atom stereocenters. The molecule has 6 heteroatoms. The zero-order valence-corrected chi connectivity index (χ0v) is 13.0. The summed E-state index contributed by atoms with van der Waals surface area (Å²) >= 11 is 0. The molecule has 0 spiro atoms. The number of esters is 1. The summed E-state index contributed by atoms with van der Waals surface area (Å²) < 4.78 is 10.1. The molecule has 1 amide bonds. The molecule has 1 heterocycles. The number of rotatable bonds is 6. The van der Waals surface area contributed by atoms with Gasteiger partial charge in [0, 0.05) is 37.0 Å². The first-order valence-corrected chi connectivity index (χ1v) is 7.07. The summed E-state index contributed by atoms with van der Waals surface area (Å²) in [6, 6.07) is 8.73. The Kier molecular flexibility index (Phi) is 5.68. The lowest BCUT2D eigenvalue weighted by Gasteiger charge is -2.12. The molecule has 1 aromatic heterocycles. The maximum Gasteiger partial charge on any atom is 0.302 e. The van der Waals surface area contributed by atoms with Crippen molar-refractivity contribution >= 4 is 11.9 Å². The molecule has 0 fully saturated rings. The van der Waals surface area contributed by atoms with E-state index < -0.39 is 5.97 Å². The van der Waals surface area contributed by atoms with E-state index in [0.29, 0.717) is 23.4 Å². The Hall–Kier alpha value is -2.89. The predicted molar refractivity (Wildman–Crippen MR) is 83.9 cm³/mol. The number of ether oxygens (including phenoxy) is 2. The molecule has 0 aliphatic rings. The Morgan fingerprint density at radius 1 is 1.26 bits per heavy atom. The number of hydrogen-bond donors (Lipinski definition) is 1. The van der Waals surface area contributed by atoms with Crippen molar-refractivity contribution in [1.82, 2.24) is 10.3 Å². The highest BCUT2D eigenvalue weighted by Gasteiger charge is 2.14. The van der Waals surface area contributed by atoms with Gasteiger partial charge in [-0.25, -0.2) is 0 Å². The molecule has 0 saturated carbocycles. The van der Waals surface area contributed by atoms with Gasteiger partial charge in [0.25, 0.3) is 5.91 Å². The monoisotopic (exact) mass is 314 g/mol. The van der Waals surface area contributed by atoms with Gasteiger partial charge in [-0.1, -0.05) is 12.1 Å². The van der Waals surface area contributed by atoms with Crippen LogP contribution in [0.2, 0.25) is 0 Å². The van der Waals surface area contributed by atoms with Crippen LogP contribution in [0.4, 0.5) is 0 Å². The second kappa shape index (κ2) is 7.93. The first kappa shape index (κ1) is 16.5. The fourth-order valence-electron chi connectivity index (χ4n) is 1.98. The van der Waals surface area contributed by atoms with Gasteiger partial charge < -0.3 is 14.8 Å². The van der Waals surface area contributed by atoms with Crippen LogP contribution in [0.5, 0.6) is 5.75 Å². The molecule has 23 heavy (non-hydrogen) atoms. The van der Waals surface area contributed by atoms with E-state index in [-0.39, 0.29) is 12.5 Å². The summed E-state index contributed by atoms with van der Waals surface area (Å²) in [6.45, 7) is 1.72. The third-order valence-corrected chi connectivity index (χ3v) is 3.17. The number of nitrogens with one attached hydrogen (secondary N) is 1. The molecule has 120 valence electrons. The lowest BCUT2D eigenvalue weighted by atomic mass is 10.1. The molecule has 0 aliphatic carbocycles. The minimum atomic E-state index is -0.400. The van der Waals surface area contributed by atoms with Gasteiger partial charge in [-0.15, -0.1) is 0 Å². The van der Waals surface area contributed by atoms with Crippen LogP contribution >= 0.6 is 0 Å². The number of carbonyl (C=O) groups excluding carboxylic acids is 2. The van der Waals surface area contributed by atoms with Gasteiger partial charge in [-0.2, -0.15) is 0 Å². The number of aromatic nitrogens is 1. The van der Waals surface area contributed by atoms with E-state index >= 15 is 0 Å². The summed E-state index contributed by atoms with van der Waals surface area (Å²) in [5.74, 6) is -0.111. The highest BCUT2D eigenvalue weighted by molar-refractivity contribution is 5.96. The van der Waals surface area contributed by atoms with Gasteiger partial charge in [-0.3, -0.25) is 14.6 Å². The highest BCUT2D eigenvalue weighted by Crippen LogP contribution is 2.19. The number of amides is 1. The number of hydrogen-bond acceptors (Lipinski definition) is 5. The molecule has 1 aromatic carbocycles. The van der Waals surface area contributed by atoms with Crippen molar-refractivity contribution in [2.75, 3.05) is 7.11 Å². The van der Waals surface area contributed by atoms with E-state index in [1.165, 1.54) is 14.0 Å². The summed E-state index contributed by atoms with van der Waals surface area (Å²) in [5.41, 5.74) is 1.92. The molecule has 0 saturated heterocycles. The van der Waals surface area contributed by atoms with Crippen LogP contribution in [0.25, 0.3) is 0 Å². The Balaban J connectivity index is 2.14. The Morgan fingerprint density at radius 3 is 2.74 bits per heavy atom. The maximum atomic E-state index is 12.4. The molecule has 0 aliphatic heterocycles. The van der Waals surface area contributed by atoms with Crippen LogP contribution in [-0.4, -0.2) is 24.0 Å². The first-order chi connectivity index (χ1) is 11.1. The lowest BCUT2D eigenvalue weighted by Crippen LogP contribution is -2.24. The smallest absolute Gasteiger partial charge is 0.302 e. The highest BCUT2D eigenvalue weighted by atomic mass is 16.5. The second-order valence-corrected chi connectivity index (χ2v) is 4.85. The van der Waals surface area contributed by atoms with Crippen molar-refractivity contribution in [3.8, 4) is 5.75 Å². The fraction of sp³-hybridized carbons (Fsp3) is 0.235. The molecule has 2 rings (SSSR count). The van der Waals surface area contributed by atoms with Gasteiger partial charge in [0.1, 0.15) is 12.4 Å². The van der Waals surface area contributed by atoms with Crippen molar-refractivity contribution < 1.29 is 19.1 Å². The largest absolute Gasteiger partial charge is 0.497 e. The van der Waals surface area contributed by atoms with Crippen molar-refractivity contribution in [3.63, 3.8) is 0 Å². The predicted octanol–water partition coefficient (Wildman–Crippen LogP) is 2.08. The molecular weight excluding hydrogens is 296 g/mol. The maximum absolute atomic E-state index is 12.4. The van der Waals surface area contributed by atoms with E-state index in [9.17, 15) is 9.59 Å². The Morgan fingerprint density at radius 2 is 2.09 bits per heavy atom. The van der Waals surface area contributed by atoms with Crippen LogP contribution in [0.1, 0.15) is 28.4 Å². The minimum Gasteiger partial charge on any atom is -0.497 e. The lowest BCUT2D eigenvalue weighted by molar-refractivity contribution is -0.142. The summed E-state index contributed by atoms with van der Waals surface area (Å²) in [7, 11) is 1.53. The van der Waals surface area contributed by atoms with E-state index in [1.807, 2.05) is 6.07 Å². The number of carbonyl (C=O) groups is 2. The minimum absolute atomic E-state index is 0.0367. The molecular formula is C17H18N2O4. The van der Waals surface area contributed by atoms with E-state index in [1.54, 1.807) is 36.7 Å². The number of pyridine rings is 1. The van der Waals surface area contributed by atoms with Gasteiger partial charge in [0.15, 0.2) is 0 Å². The van der Waals surface area contributed by atoms with Gasteiger partial charge in [0.05, 0.1) is 7.11 Å². The van der Waals surface area contributed by atoms with Crippen molar-refractivity contribution in [3.05, 3.63) is 59.4 Å². The van der Waals surface area contributed by atoms with Crippen molar-refractivity contribution in [1.29, 1.82) is 0 Å². The quantitative estimate of drug-likeness (QED) is 0.826. The van der Waals surface area contributed by atoms with E-state index in [4.69, 9.17) is 9.47 Å². The van der Waals surface area contributed by atoms with Gasteiger partial charge >= 0.3 is 5.97 Å². The van der Waals surface area contributed by atoms with Gasteiger partial charge in [0.2, 0.25) is 0 Å². The van der Waals surface area contributed by atoms with Crippen LogP contribution in [0.3, 0.4) is 0 Å². The first-order valence-electron chi connectivity index (χ1n) is 7.07. The standard InChI is InChI=1S/C17H18N2O4/c1-12(20)23-11-14-5-6-15(22-2)8-16(14)17(21)19-10-13-4-3-7-18-9-13/h3-9H,10-11H2,1-2H3,(H,19,21). The normalized spacial score (nSPS) is 10.0. The SMILES string of the molecule is COc1ccc(COC(C)=O)c(C(=O)NCc2cccnc2)c1. The van der Waals surface area contributed by atoms with Crippen LogP contribution in [0.15, 0.2) is 42.7 Å². The van der Waals surface area contributed by atoms with Crippen molar-refractivity contribution in [2.24, 2.45) is 0 Å². The second-order valence-electron chi connectivity index (χ2n) is 4.85. The van der Waals surface area contributed by atoms with Crippen LogP contribution in [-0.2, 0) is 22.7 Å². The molecule has 0 unspecified atom stereocenters. The summed E-state index contributed by atoms with van der Waals surface area (Å²) in [6.07, 6.45) is 3.36.